The summed E-state index contributed by atoms with van der Waals surface area (Å²) < 4.78 is 5.38. The van der Waals surface area contributed by atoms with Gasteiger partial charge in [-0.25, -0.2) is 0 Å². The number of fused-ring (bicyclic) bond motifs is 9. The Kier molecular flexibility index (Phi) is 6.81. The van der Waals surface area contributed by atoms with E-state index >= 15 is 0 Å². The van der Waals surface area contributed by atoms with Gasteiger partial charge in [-0.3, -0.25) is 0 Å². The van der Waals surface area contributed by atoms with Crippen molar-refractivity contribution >= 4 is 118 Å². The standard InChI is InChI=1S/C50H28S4/c1-3-7-45-41(5-1)43(27-51-45)33-13-17-37-29(21-33)9-11-31-23-35(15-19-39(31)37)47-25-49-50(53-47)26-48(54-49)36-16-20-40-32(24-36)12-10-30-22-34(14-18-38(30)40)44-28-52-46-8-4-2-6-42(44)46/h1-28H. The molecular formula is C50H28S4. The fraction of sp³-hybridized carbons (Fsp3) is 0. The summed E-state index contributed by atoms with van der Waals surface area (Å²) in [5.41, 5.74) is 7.77. The van der Waals surface area contributed by atoms with Crippen LogP contribution in [0.25, 0.3) is 116 Å². The molecule has 54 heavy (non-hydrogen) atoms. The van der Waals surface area contributed by atoms with Crippen LogP contribution in [0.15, 0.2) is 168 Å². The van der Waals surface area contributed by atoms with Gasteiger partial charge in [0.25, 0.3) is 0 Å². The molecule has 8 aromatic carbocycles. The Morgan fingerprint density at radius 3 is 1.07 bits per heavy atom. The van der Waals surface area contributed by atoms with E-state index in [1.165, 1.54) is 116 Å². The molecule has 0 N–H and O–H groups in total. The highest BCUT2D eigenvalue weighted by atomic mass is 32.1. The predicted octanol–water partition coefficient (Wildman–Crippen LogP) is 16.7. The summed E-state index contributed by atoms with van der Waals surface area (Å²) in [6, 6.07) is 59.2. The van der Waals surface area contributed by atoms with E-state index in [0.29, 0.717) is 0 Å². The van der Waals surface area contributed by atoms with Gasteiger partial charge in [-0.15, -0.1) is 45.3 Å². The van der Waals surface area contributed by atoms with Crippen LogP contribution in [-0.4, -0.2) is 0 Å². The molecule has 252 valence electrons. The summed E-state index contributed by atoms with van der Waals surface area (Å²) in [4.78, 5) is 2.65. The lowest BCUT2D eigenvalue weighted by molar-refractivity contribution is 1.73. The van der Waals surface area contributed by atoms with Gasteiger partial charge < -0.3 is 0 Å². The van der Waals surface area contributed by atoms with Gasteiger partial charge in [0.2, 0.25) is 0 Å². The zero-order valence-corrected chi connectivity index (χ0v) is 32.1. The molecule has 0 fully saturated rings. The third-order valence-corrected chi connectivity index (χ3v) is 15.4. The zero-order chi connectivity index (χ0) is 35.3. The second-order valence-corrected chi connectivity index (χ2v) is 18.1. The molecule has 0 bridgehead atoms. The van der Waals surface area contributed by atoms with Crippen LogP contribution in [0.2, 0.25) is 0 Å². The third kappa shape index (κ3) is 4.85. The molecule has 0 atom stereocenters. The van der Waals surface area contributed by atoms with Crippen molar-refractivity contribution in [3.05, 3.63) is 168 Å². The van der Waals surface area contributed by atoms with E-state index in [0.717, 1.165) is 0 Å². The first-order valence-corrected chi connectivity index (χ1v) is 21.5. The lowest BCUT2D eigenvalue weighted by atomic mass is 9.96. The summed E-state index contributed by atoms with van der Waals surface area (Å²) in [6.45, 7) is 0. The van der Waals surface area contributed by atoms with Gasteiger partial charge in [-0.05, 0) is 125 Å². The highest BCUT2D eigenvalue weighted by Crippen LogP contribution is 2.44. The average molecular weight is 757 g/mol. The van der Waals surface area contributed by atoms with Gasteiger partial charge >= 0.3 is 0 Å². The van der Waals surface area contributed by atoms with E-state index in [-0.39, 0.29) is 0 Å². The van der Waals surface area contributed by atoms with E-state index in [2.05, 4.69) is 168 Å². The van der Waals surface area contributed by atoms with Gasteiger partial charge in [-0.1, -0.05) is 109 Å². The van der Waals surface area contributed by atoms with Crippen molar-refractivity contribution in [2.75, 3.05) is 0 Å². The molecule has 4 heteroatoms. The largest absolute Gasteiger partial charge is 0.143 e. The van der Waals surface area contributed by atoms with Gasteiger partial charge in [0.05, 0.1) is 0 Å². The van der Waals surface area contributed by atoms with Crippen LogP contribution in [0.3, 0.4) is 0 Å². The van der Waals surface area contributed by atoms with Crippen LogP contribution >= 0.6 is 45.3 Å². The minimum absolute atomic E-state index is 1.28. The molecule has 4 aromatic heterocycles. The van der Waals surface area contributed by atoms with Gasteiger partial charge in [-0.2, -0.15) is 0 Å². The maximum atomic E-state index is 2.39. The van der Waals surface area contributed by atoms with Gasteiger partial charge in [0.15, 0.2) is 0 Å². The van der Waals surface area contributed by atoms with Crippen molar-refractivity contribution in [3.8, 4) is 43.1 Å². The summed E-state index contributed by atoms with van der Waals surface area (Å²) in [5.74, 6) is 0. The quantitative estimate of drug-likeness (QED) is 0.157. The van der Waals surface area contributed by atoms with Crippen LogP contribution in [0.5, 0.6) is 0 Å². The molecule has 0 radical (unpaired) electrons. The highest BCUT2D eigenvalue weighted by molar-refractivity contribution is 7.31. The van der Waals surface area contributed by atoms with Crippen molar-refractivity contribution in [2.24, 2.45) is 0 Å². The summed E-state index contributed by atoms with van der Waals surface area (Å²) in [7, 11) is 0. The topological polar surface area (TPSA) is 0 Å². The third-order valence-electron chi connectivity index (χ3n) is 11.0. The van der Waals surface area contributed by atoms with Gasteiger partial charge in [0.1, 0.15) is 0 Å². The Morgan fingerprint density at radius 2 is 0.648 bits per heavy atom. The summed E-state index contributed by atoms with van der Waals surface area (Å²) >= 11 is 7.44. The Hall–Kier alpha value is -5.62. The molecule has 0 unspecified atom stereocenters. The second-order valence-electron chi connectivity index (χ2n) is 14.1. The molecule has 0 aliphatic heterocycles. The molecular weight excluding hydrogens is 729 g/mol. The van der Waals surface area contributed by atoms with Gasteiger partial charge in [0, 0.05) is 50.5 Å². The monoisotopic (exact) mass is 756 g/mol. The number of hydrogen-bond donors (Lipinski definition) is 0. The Balaban J connectivity index is 0.842. The smallest absolute Gasteiger partial charge is 0.0463 e. The van der Waals surface area contributed by atoms with Crippen LogP contribution in [-0.2, 0) is 0 Å². The maximum absolute atomic E-state index is 2.39. The van der Waals surface area contributed by atoms with E-state index in [9.17, 15) is 0 Å². The molecule has 0 aliphatic rings. The molecule has 0 saturated heterocycles. The van der Waals surface area contributed by atoms with Crippen molar-refractivity contribution in [1.29, 1.82) is 0 Å². The maximum Gasteiger partial charge on any atom is 0.0463 e. The van der Waals surface area contributed by atoms with E-state index in [1.807, 2.05) is 45.3 Å². The van der Waals surface area contributed by atoms with Crippen LogP contribution in [0, 0.1) is 0 Å². The van der Waals surface area contributed by atoms with Crippen molar-refractivity contribution in [3.63, 3.8) is 0 Å². The van der Waals surface area contributed by atoms with Crippen LogP contribution in [0.1, 0.15) is 0 Å². The molecule has 0 nitrogen and oxygen atoms in total. The summed E-state index contributed by atoms with van der Waals surface area (Å²) in [6.07, 6.45) is 0. The first-order chi connectivity index (χ1) is 26.7. The first kappa shape index (κ1) is 30.8. The molecule has 0 aliphatic carbocycles. The van der Waals surface area contributed by atoms with E-state index in [1.54, 1.807) is 0 Å². The lowest BCUT2D eigenvalue weighted by Gasteiger charge is -2.09. The predicted molar refractivity (Wildman–Crippen MR) is 242 cm³/mol. The zero-order valence-electron chi connectivity index (χ0n) is 28.8. The molecule has 4 heterocycles. The van der Waals surface area contributed by atoms with Crippen molar-refractivity contribution in [1.82, 2.24) is 0 Å². The molecule has 0 spiro atoms. The van der Waals surface area contributed by atoms with E-state index in [4.69, 9.17) is 0 Å². The van der Waals surface area contributed by atoms with Crippen molar-refractivity contribution < 1.29 is 0 Å². The number of rotatable bonds is 4. The second kappa shape index (κ2) is 11.9. The fourth-order valence-electron chi connectivity index (χ4n) is 8.31. The molecule has 12 aromatic rings. The fourth-order valence-corrected chi connectivity index (χ4v) is 12.6. The summed E-state index contributed by atoms with van der Waals surface area (Å²) in [5, 5.41) is 17.6. The van der Waals surface area contributed by atoms with E-state index < -0.39 is 0 Å². The number of hydrogen-bond acceptors (Lipinski definition) is 4. The van der Waals surface area contributed by atoms with Crippen molar-refractivity contribution in [2.45, 2.75) is 0 Å². The SMILES string of the molecule is c1ccc2c(-c3ccc4c(ccc5cc(-c6cc7sc(-c8ccc9c(ccc%10cc(-c%11csc%12ccccc%11%12)ccc%109)c8)cc7s6)ccc54)c3)csc2c1. The lowest BCUT2D eigenvalue weighted by Crippen LogP contribution is -1.82. The Labute approximate surface area is 327 Å². The highest BCUT2D eigenvalue weighted by Gasteiger charge is 2.14. The molecule has 0 amide bonds. The number of thiophene rings is 4. The Morgan fingerprint density at radius 1 is 0.278 bits per heavy atom. The number of benzene rings is 8. The first-order valence-electron chi connectivity index (χ1n) is 18.1. The molecule has 12 rings (SSSR count). The minimum Gasteiger partial charge on any atom is -0.143 e. The van der Waals surface area contributed by atoms with Crippen LogP contribution in [0.4, 0.5) is 0 Å². The molecule has 0 saturated carbocycles. The van der Waals surface area contributed by atoms with Crippen LogP contribution < -0.4 is 0 Å². The normalized spacial score (nSPS) is 12.1. The average Bonchev–Trinajstić information content (AvgIpc) is 4.03. The Bertz CT molecular complexity index is 3200. The minimum atomic E-state index is 1.28.